The summed E-state index contributed by atoms with van der Waals surface area (Å²) in [5.74, 6) is 1.41. The first kappa shape index (κ1) is 33.3. The highest BCUT2D eigenvalue weighted by Gasteiger charge is 2.32. The van der Waals surface area contributed by atoms with E-state index in [9.17, 15) is 5.11 Å². The van der Waals surface area contributed by atoms with E-state index >= 15 is 0 Å². The van der Waals surface area contributed by atoms with Crippen LogP contribution in [0.3, 0.4) is 0 Å². The van der Waals surface area contributed by atoms with Crippen molar-refractivity contribution in [3.05, 3.63) is 144 Å². The van der Waals surface area contributed by atoms with Crippen LogP contribution in [0.15, 0.2) is 127 Å². The molecular weight excluding hydrogens is 613 g/mol. The summed E-state index contributed by atoms with van der Waals surface area (Å²) < 4.78 is 2.06. The van der Waals surface area contributed by atoms with Gasteiger partial charge in [0.25, 0.3) is 0 Å². The fourth-order valence-electron chi connectivity index (χ4n) is 7.22. The monoisotopic (exact) mass is 660 g/mol. The van der Waals surface area contributed by atoms with Crippen molar-refractivity contribution in [1.82, 2.24) is 14.8 Å². The fraction of sp³-hybridized carbons (Fsp3) is 0.289. The van der Waals surface area contributed by atoms with Crippen LogP contribution in [-0.2, 0) is 10.8 Å². The van der Waals surface area contributed by atoms with Crippen LogP contribution in [-0.4, -0.2) is 25.9 Å². The molecule has 2 atom stereocenters. The van der Waals surface area contributed by atoms with Gasteiger partial charge in [0.15, 0.2) is 0 Å². The molecule has 7 rings (SSSR count). The molecule has 50 heavy (non-hydrogen) atoms. The van der Waals surface area contributed by atoms with Gasteiger partial charge in [-0.15, -0.1) is 0 Å². The van der Waals surface area contributed by atoms with Crippen molar-refractivity contribution in [1.29, 1.82) is 0 Å². The minimum Gasteiger partial charge on any atom is -0.507 e. The second-order valence-electron chi connectivity index (χ2n) is 15.7. The van der Waals surface area contributed by atoms with Crippen molar-refractivity contribution in [3.63, 3.8) is 0 Å². The van der Waals surface area contributed by atoms with Gasteiger partial charge in [0, 0.05) is 28.4 Å². The SMILES string of the molecule is CC1C=CC(n2nc(-c3cc(C(C)(C)C)cc(C(C)(C)C)c3O)c3ccccc32)=CC1N(C1=C(c2ccccc2)CCC=C1)c1ccccn1. The highest BCUT2D eigenvalue weighted by Crippen LogP contribution is 2.44. The van der Waals surface area contributed by atoms with Crippen molar-refractivity contribution >= 4 is 28.0 Å². The molecule has 2 unspecified atom stereocenters. The first-order valence-corrected chi connectivity index (χ1v) is 17.8. The molecule has 5 aromatic rings. The van der Waals surface area contributed by atoms with Crippen molar-refractivity contribution in [2.45, 2.75) is 78.2 Å². The lowest BCUT2D eigenvalue weighted by Gasteiger charge is -2.38. The molecule has 5 heteroatoms. The molecule has 0 bridgehead atoms. The molecule has 2 aromatic heterocycles. The zero-order valence-electron chi connectivity index (χ0n) is 30.4. The van der Waals surface area contributed by atoms with Crippen LogP contribution in [0, 0.1) is 5.92 Å². The number of hydrogen-bond donors (Lipinski definition) is 1. The third kappa shape index (κ3) is 6.22. The molecule has 0 saturated heterocycles. The molecule has 0 aliphatic heterocycles. The Bertz CT molecular complexity index is 2150. The molecule has 5 nitrogen and oxygen atoms in total. The van der Waals surface area contributed by atoms with Gasteiger partial charge >= 0.3 is 0 Å². The van der Waals surface area contributed by atoms with Crippen LogP contribution < -0.4 is 4.90 Å². The van der Waals surface area contributed by atoms with Gasteiger partial charge in [-0.3, -0.25) is 0 Å². The lowest BCUT2D eigenvalue weighted by Crippen LogP contribution is -2.39. The van der Waals surface area contributed by atoms with Crippen molar-refractivity contribution in [2.24, 2.45) is 5.92 Å². The number of aromatic nitrogens is 3. The predicted octanol–water partition coefficient (Wildman–Crippen LogP) is 11.1. The molecule has 254 valence electrons. The van der Waals surface area contributed by atoms with Crippen LogP contribution in [0.2, 0.25) is 0 Å². The summed E-state index contributed by atoms with van der Waals surface area (Å²) in [6.45, 7) is 15.4. The van der Waals surface area contributed by atoms with Gasteiger partial charge in [-0.2, -0.15) is 5.10 Å². The van der Waals surface area contributed by atoms with E-state index in [2.05, 4.69) is 167 Å². The van der Waals surface area contributed by atoms with Gasteiger partial charge in [-0.25, -0.2) is 9.67 Å². The van der Waals surface area contributed by atoms with Gasteiger partial charge < -0.3 is 10.0 Å². The number of benzene rings is 3. The maximum Gasteiger partial charge on any atom is 0.133 e. The first-order valence-electron chi connectivity index (χ1n) is 17.8. The number of pyridine rings is 1. The molecule has 0 spiro atoms. The van der Waals surface area contributed by atoms with Crippen molar-refractivity contribution in [3.8, 4) is 17.0 Å². The Kier molecular flexibility index (Phi) is 8.63. The summed E-state index contributed by atoms with van der Waals surface area (Å²) in [7, 11) is 0. The lowest BCUT2D eigenvalue weighted by molar-refractivity contribution is 0.446. The normalized spacial score (nSPS) is 18.1. The van der Waals surface area contributed by atoms with E-state index in [1.165, 1.54) is 22.4 Å². The van der Waals surface area contributed by atoms with E-state index in [-0.39, 0.29) is 22.8 Å². The predicted molar refractivity (Wildman–Crippen MR) is 209 cm³/mol. The zero-order chi connectivity index (χ0) is 35.2. The van der Waals surface area contributed by atoms with Gasteiger partial charge in [0.1, 0.15) is 17.3 Å². The summed E-state index contributed by atoms with van der Waals surface area (Å²) in [6, 6.07) is 29.5. The molecule has 2 aliphatic carbocycles. The number of para-hydroxylation sites is 1. The van der Waals surface area contributed by atoms with Crippen LogP contribution in [0.4, 0.5) is 5.82 Å². The number of allylic oxidation sites excluding steroid dienone is 5. The summed E-state index contributed by atoms with van der Waals surface area (Å²) >= 11 is 0. The highest BCUT2D eigenvalue weighted by molar-refractivity contribution is 5.97. The van der Waals surface area contributed by atoms with Gasteiger partial charge in [-0.1, -0.05) is 121 Å². The number of phenols is 1. The number of hydrogen-bond acceptors (Lipinski definition) is 4. The average Bonchev–Trinajstić information content (AvgIpc) is 3.49. The summed E-state index contributed by atoms with van der Waals surface area (Å²) in [4.78, 5) is 7.31. The van der Waals surface area contributed by atoms with Crippen LogP contribution in [0.25, 0.3) is 33.4 Å². The molecule has 1 N–H and O–H groups in total. The minimum atomic E-state index is -0.244. The molecule has 2 heterocycles. The number of rotatable bonds is 6. The molecule has 3 aromatic carbocycles. The second-order valence-corrected chi connectivity index (χ2v) is 15.7. The average molecular weight is 661 g/mol. The number of phenolic OH excluding ortho intramolecular Hbond substituents is 1. The topological polar surface area (TPSA) is 54.2 Å². The third-order valence-corrected chi connectivity index (χ3v) is 10.0. The molecule has 2 aliphatic rings. The molecule has 0 amide bonds. The smallest absolute Gasteiger partial charge is 0.133 e. The maximum absolute atomic E-state index is 11.9. The third-order valence-electron chi connectivity index (χ3n) is 10.0. The maximum atomic E-state index is 11.9. The van der Waals surface area contributed by atoms with Gasteiger partial charge in [0.05, 0.1) is 17.3 Å². The second kappa shape index (κ2) is 12.9. The van der Waals surface area contributed by atoms with E-state index in [0.29, 0.717) is 5.75 Å². The molecule has 0 saturated carbocycles. The van der Waals surface area contributed by atoms with E-state index in [0.717, 1.165) is 52.1 Å². The largest absolute Gasteiger partial charge is 0.507 e. The highest BCUT2D eigenvalue weighted by atomic mass is 16.3. The molecular formula is C45H48N4O. The van der Waals surface area contributed by atoms with Crippen LogP contribution in [0.5, 0.6) is 5.75 Å². The number of fused-ring (bicyclic) bond motifs is 1. The molecule has 0 fully saturated rings. The Morgan fingerprint density at radius 3 is 2.30 bits per heavy atom. The first-order chi connectivity index (χ1) is 23.9. The van der Waals surface area contributed by atoms with Crippen molar-refractivity contribution in [2.75, 3.05) is 4.90 Å². The van der Waals surface area contributed by atoms with E-state index in [1.54, 1.807) is 0 Å². The van der Waals surface area contributed by atoms with E-state index < -0.39 is 0 Å². The number of anilines is 1. The van der Waals surface area contributed by atoms with Crippen LogP contribution in [0.1, 0.15) is 78.0 Å². The van der Waals surface area contributed by atoms with Crippen molar-refractivity contribution < 1.29 is 5.11 Å². The van der Waals surface area contributed by atoms with Gasteiger partial charge in [0.2, 0.25) is 0 Å². The Morgan fingerprint density at radius 1 is 0.840 bits per heavy atom. The number of aromatic hydroxyl groups is 1. The van der Waals surface area contributed by atoms with Gasteiger partial charge in [-0.05, 0) is 88.8 Å². The van der Waals surface area contributed by atoms with E-state index in [4.69, 9.17) is 10.1 Å². The lowest BCUT2D eigenvalue weighted by atomic mass is 9.78. The standard InChI is InChI=1S/C45H48N4O/c1-30-24-25-33(29-40(30)48(41-23-15-16-26-46-41)38-21-13-11-19-34(38)31-17-9-8-10-18-31)49-39-22-14-12-20-35(39)42(47-49)36-27-32(44(2,3)4)28-37(43(36)50)45(5,6)7/h8-10,12-18,20-30,40,50H,11,19H2,1-7H3. The Hall–Kier alpha value is -5.16. The molecule has 0 radical (unpaired) electrons. The number of nitrogens with zero attached hydrogens (tertiary/aromatic N) is 4. The fourth-order valence-corrected chi connectivity index (χ4v) is 7.22. The minimum absolute atomic E-state index is 0.0297. The summed E-state index contributed by atoms with van der Waals surface area (Å²) in [5, 5.41) is 18.2. The Morgan fingerprint density at radius 2 is 1.58 bits per heavy atom. The quantitative estimate of drug-likeness (QED) is 0.197. The van der Waals surface area contributed by atoms with E-state index in [1.807, 2.05) is 12.3 Å². The summed E-state index contributed by atoms with van der Waals surface area (Å²) in [6.07, 6.45) is 15.2. The Balaban J connectivity index is 1.42. The van der Waals surface area contributed by atoms with Crippen LogP contribution >= 0.6 is 0 Å². The Labute approximate surface area is 297 Å². The summed E-state index contributed by atoms with van der Waals surface area (Å²) in [5.41, 5.74) is 9.03. The zero-order valence-corrected chi connectivity index (χ0v) is 30.4.